The number of carbonyl (C=O) groups is 1. The van der Waals surface area contributed by atoms with Crippen molar-refractivity contribution in [3.63, 3.8) is 0 Å². The van der Waals surface area contributed by atoms with E-state index in [2.05, 4.69) is 18.1 Å². The van der Waals surface area contributed by atoms with Gasteiger partial charge in [0, 0.05) is 24.6 Å². The van der Waals surface area contributed by atoms with Crippen molar-refractivity contribution in [3.8, 4) is 0 Å². The van der Waals surface area contributed by atoms with Gasteiger partial charge in [-0.15, -0.1) is 0 Å². The number of phosphoric acid groups is 3. The Bertz CT molecular complexity index is 1120. The number of phosphoric ester groups is 1. The van der Waals surface area contributed by atoms with E-state index in [0.29, 0.717) is 0 Å². The average Bonchev–Trinajstić information content (AvgIpc) is 3.03. The lowest BCUT2D eigenvalue weighted by Gasteiger charge is -2.20. The van der Waals surface area contributed by atoms with Crippen molar-refractivity contribution < 1.29 is 55.9 Å². The molecule has 2 unspecified atom stereocenters. The molecular weight excluding hydrogens is 501 g/mol. The molecule has 5 N–H and O–H groups in total. The van der Waals surface area contributed by atoms with Crippen LogP contribution in [0.25, 0.3) is 0 Å². The van der Waals surface area contributed by atoms with Gasteiger partial charge in [-0.2, -0.15) is 8.62 Å². The van der Waals surface area contributed by atoms with E-state index in [-0.39, 0.29) is 24.2 Å². The van der Waals surface area contributed by atoms with E-state index in [4.69, 9.17) is 14.5 Å². The number of ketones is 1. The number of aromatic nitrogens is 2. The predicted octanol–water partition coefficient (Wildman–Crippen LogP) is 0.0711. The number of carbonyl (C=O) groups excluding carboxylic acids is 1. The van der Waals surface area contributed by atoms with Gasteiger partial charge in [0.1, 0.15) is 12.0 Å². The van der Waals surface area contributed by atoms with Crippen molar-refractivity contribution in [1.82, 2.24) is 9.55 Å². The van der Waals surface area contributed by atoms with Crippen LogP contribution in [0.3, 0.4) is 0 Å². The second-order valence-corrected chi connectivity index (χ2v) is 11.1. The van der Waals surface area contributed by atoms with Crippen LogP contribution in [0, 0.1) is 12.8 Å². The smallest absolute Gasteiger partial charge is 0.351 e. The summed E-state index contributed by atoms with van der Waals surface area (Å²) in [6, 6.07) is 0. The number of rotatable bonds is 10. The van der Waals surface area contributed by atoms with E-state index >= 15 is 0 Å². The second kappa shape index (κ2) is 9.92. The van der Waals surface area contributed by atoms with E-state index in [1.165, 1.54) is 13.1 Å². The Labute approximate surface area is 179 Å². The van der Waals surface area contributed by atoms with Gasteiger partial charge in [-0.25, -0.2) is 18.5 Å². The van der Waals surface area contributed by atoms with Crippen molar-refractivity contribution in [2.75, 3.05) is 6.61 Å². The van der Waals surface area contributed by atoms with E-state index in [9.17, 15) is 37.9 Å². The number of nitrogens with zero attached hydrogens (tertiary/aromatic N) is 1. The number of aryl methyl sites for hydroxylation is 1. The third-order valence-corrected chi connectivity index (χ3v) is 8.07. The number of hydrogen-bond acceptors (Lipinski definition) is 10. The third kappa shape index (κ3) is 7.37. The number of ether oxygens (including phenoxy) is 1. The predicted molar refractivity (Wildman–Crippen MR) is 103 cm³/mol. The summed E-state index contributed by atoms with van der Waals surface area (Å²) < 4.78 is 52.4. The van der Waals surface area contributed by atoms with Gasteiger partial charge >= 0.3 is 29.2 Å². The molecule has 0 saturated carbocycles. The number of nitrogens with one attached hydrogen (secondary N) is 1. The Morgan fingerprint density at radius 1 is 1.19 bits per heavy atom. The van der Waals surface area contributed by atoms with Crippen LogP contribution in [0.5, 0.6) is 0 Å². The molecule has 19 heteroatoms. The molecular formula is C13H21N2O14P3. The first-order valence-electron chi connectivity index (χ1n) is 8.82. The fourth-order valence-electron chi connectivity index (χ4n) is 2.93. The van der Waals surface area contributed by atoms with Crippen molar-refractivity contribution in [3.05, 3.63) is 32.6 Å². The summed E-state index contributed by atoms with van der Waals surface area (Å²) >= 11 is 0. The van der Waals surface area contributed by atoms with Gasteiger partial charge in [0.25, 0.3) is 5.56 Å². The molecule has 0 aromatic carbocycles. The molecule has 1 aromatic rings. The Hall–Kier alpha value is -1.28. The summed E-state index contributed by atoms with van der Waals surface area (Å²) in [7, 11) is -16.7. The number of H-pyrrole nitrogens is 1. The number of hydrogen-bond donors (Lipinski definition) is 5. The lowest BCUT2D eigenvalue weighted by molar-refractivity contribution is -0.125. The summed E-state index contributed by atoms with van der Waals surface area (Å²) in [6.07, 6.45) is -1.05. The van der Waals surface area contributed by atoms with Crippen LogP contribution in [0.2, 0.25) is 0 Å². The maximum absolute atomic E-state index is 12.3. The molecule has 1 saturated heterocycles. The summed E-state index contributed by atoms with van der Waals surface area (Å²) in [4.78, 5) is 73.8. The highest BCUT2D eigenvalue weighted by molar-refractivity contribution is 7.66. The SMILES string of the molecule is CCC(=O)[C@H]1C[C@H](n2cc(C)c(=O)[nH]c2=O)O[C@@H]1COP(=O)(O)OP(=O)(O)OP(=O)(O)O. The summed E-state index contributed by atoms with van der Waals surface area (Å²) in [5.41, 5.74) is -1.25. The minimum Gasteiger partial charge on any atom is -0.351 e. The molecule has 0 amide bonds. The first-order valence-corrected chi connectivity index (χ1v) is 13.3. The highest BCUT2D eigenvalue weighted by Crippen LogP contribution is 2.66. The Balaban J connectivity index is 2.17. The van der Waals surface area contributed by atoms with Crippen molar-refractivity contribution in [1.29, 1.82) is 0 Å². The first kappa shape index (κ1) is 27.0. The highest BCUT2D eigenvalue weighted by Gasteiger charge is 2.44. The summed E-state index contributed by atoms with van der Waals surface area (Å²) in [5, 5.41) is 0. The molecule has 1 fully saturated rings. The van der Waals surface area contributed by atoms with Crippen molar-refractivity contribution in [2.45, 2.75) is 39.0 Å². The third-order valence-electron chi connectivity index (χ3n) is 4.27. The minimum atomic E-state index is -5.70. The van der Waals surface area contributed by atoms with Crippen LogP contribution >= 0.6 is 23.5 Å². The molecule has 1 aliphatic rings. The summed E-state index contributed by atoms with van der Waals surface area (Å²) in [6.45, 7) is 2.14. The zero-order chi connectivity index (χ0) is 24.5. The van der Waals surface area contributed by atoms with Crippen LogP contribution < -0.4 is 11.2 Å². The van der Waals surface area contributed by atoms with Gasteiger partial charge in [-0.3, -0.25) is 23.7 Å². The van der Waals surface area contributed by atoms with Crippen LogP contribution in [-0.2, 0) is 36.4 Å². The standard InChI is InChI=1S/C13H21N2O14P3/c1-3-9(16)8-4-11(15-5-7(2)12(17)14-13(15)18)27-10(8)6-26-31(22,23)29-32(24,25)28-30(19,20)21/h5,8,10-11H,3-4,6H2,1-2H3,(H,22,23)(H,24,25)(H,14,17,18)(H2,19,20,21)/t8-,10-,11-/m1/s1. The monoisotopic (exact) mass is 522 g/mol. The van der Waals surface area contributed by atoms with Gasteiger partial charge < -0.3 is 24.3 Å². The Kier molecular flexibility index (Phi) is 8.36. The van der Waals surface area contributed by atoms with E-state index in [1.54, 1.807) is 6.92 Å². The van der Waals surface area contributed by atoms with Gasteiger partial charge in [0.15, 0.2) is 0 Å². The van der Waals surface area contributed by atoms with E-state index < -0.39 is 59.6 Å². The lowest BCUT2D eigenvalue weighted by atomic mass is 9.94. The van der Waals surface area contributed by atoms with Gasteiger partial charge in [0.2, 0.25) is 0 Å². The fraction of sp³-hybridized carbons (Fsp3) is 0.615. The zero-order valence-corrected chi connectivity index (χ0v) is 19.3. The maximum Gasteiger partial charge on any atom is 0.490 e. The minimum absolute atomic E-state index is 0.0477. The molecule has 0 spiro atoms. The lowest BCUT2D eigenvalue weighted by Crippen LogP contribution is -2.33. The average molecular weight is 522 g/mol. The van der Waals surface area contributed by atoms with E-state index in [1.807, 2.05) is 0 Å². The van der Waals surface area contributed by atoms with Gasteiger partial charge in [-0.1, -0.05) is 6.92 Å². The fourth-order valence-corrected chi connectivity index (χ4v) is 5.96. The molecule has 0 radical (unpaired) electrons. The Morgan fingerprint density at radius 3 is 2.38 bits per heavy atom. The molecule has 2 rings (SSSR count). The van der Waals surface area contributed by atoms with Gasteiger partial charge in [-0.05, 0) is 6.92 Å². The quantitative estimate of drug-likeness (QED) is 0.256. The highest BCUT2D eigenvalue weighted by atomic mass is 31.3. The molecule has 2 heterocycles. The molecule has 0 bridgehead atoms. The largest absolute Gasteiger partial charge is 0.490 e. The van der Waals surface area contributed by atoms with E-state index in [0.717, 1.165) is 4.57 Å². The van der Waals surface area contributed by atoms with Gasteiger partial charge in [0.05, 0.1) is 18.6 Å². The molecule has 5 atom stereocenters. The van der Waals surface area contributed by atoms with Crippen LogP contribution in [-0.4, -0.2) is 47.6 Å². The topological polar surface area (TPSA) is 241 Å². The molecule has 182 valence electrons. The molecule has 16 nitrogen and oxygen atoms in total. The van der Waals surface area contributed by atoms with Crippen LogP contribution in [0.4, 0.5) is 0 Å². The normalized spacial score (nSPS) is 25.2. The number of aromatic amines is 1. The van der Waals surface area contributed by atoms with Crippen molar-refractivity contribution in [2.24, 2.45) is 5.92 Å². The molecule has 1 aliphatic heterocycles. The van der Waals surface area contributed by atoms with Crippen LogP contribution in [0.15, 0.2) is 15.8 Å². The zero-order valence-electron chi connectivity index (χ0n) is 16.6. The molecule has 32 heavy (non-hydrogen) atoms. The second-order valence-electron chi connectivity index (χ2n) is 6.66. The molecule has 0 aliphatic carbocycles. The molecule has 1 aromatic heterocycles. The first-order chi connectivity index (χ1) is 14.5. The summed E-state index contributed by atoms with van der Waals surface area (Å²) in [5.74, 6) is -1.27. The van der Waals surface area contributed by atoms with Crippen LogP contribution in [0.1, 0.15) is 31.6 Å². The maximum atomic E-state index is 12.3. The Morgan fingerprint density at radius 2 is 1.81 bits per heavy atom. The van der Waals surface area contributed by atoms with Crippen molar-refractivity contribution >= 4 is 29.3 Å². The number of Topliss-reactive ketones (excluding diaryl/α,β-unsaturated/α-hetero) is 1.